The fourth-order valence-corrected chi connectivity index (χ4v) is 2.58. The van der Waals surface area contributed by atoms with Gasteiger partial charge in [-0.15, -0.1) is 0 Å². The van der Waals surface area contributed by atoms with Crippen LogP contribution in [0.2, 0.25) is 5.02 Å². The minimum atomic E-state index is -3.01. The molecule has 2 N–H and O–H groups in total. The molecule has 0 aliphatic rings. The van der Waals surface area contributed by atoms with E-state index in [0.717, 1.165) is 0 Å². The second-order valence-corrected chi connectivity index (χ2v) is 6.33. The number of nitrogens with zero attached hydrogens (tertiary/aromatic N) is 3. The predicted octanol–water partition coefficient (Wildman–Crippen LogP) is 3.32. The number of aliphatic hydroxyl groups excluding tert-OH is 1. The molecule has 28 heavy (non-hydrogen) atoms. The molecule has 1 unspecified atom stereocenters. The Morgan fingerprint density at radius 1 is 1.32 bits per heavy atom. The lowest BCUT2D eigenvalue weighted by atomic mass is 9.99. The van der Waals surface area contributed by atoms with Crippen LogP contribution in [-0.4, -0.2) is 32.6 Å². The van der Waals surface area contributed by atoms with Crippen LogP contribution in [0.25, 0.3) is 11.3 Å². The molecule has 146 valence electrons. The Labute approximate surface area is 163 Å². The van der Waals surface area contributed by atoms with Crippen molar-refractivity contribution in [2.24, 2.45) is 0 Å². The molecule has 0 radical (unpaired) electrons. The predicted molar refractivity (Wildman–Crippen MR) is 95.9 cm³/mol. The number of halogens is 3. The van der Waals surface area contributed by atoms with E-state index in [1.807, 2.05) is 0 Å². The van der Waals surface area contributed by atoms with Gasteiger partial charge in [0.25, 0.3) is 12.3 Å². The number of alkyl halides is 2. The number of hydrogen-bond acceptors (Lipinski definition) is 6. The molecule has 2 heterocycles. The van der Waals surface area contributed by atoms with E-state index in [2.05, 4.69) is 20.4 Å². The van der Waals surface area contributed by atoms with Crippen LogP contribution in [0.15, 0.2) is 41.1 Å². The molecule has 7 nitrogen and oxygen atoms in total. The first-order valence-corrected chi connectivity index (χ1v) is 8.52. The molecule has 0 spiro atoms. The van der Waals surface area contributed by atoms with Crippen LogP contribution >= 0.6 is 11.6 Å². The van der Waals surface area contributed by atoms with Crippen molar-refractivity contribution in [1.82, 2.24) is 20.4 Å². The van der Waals surface area contributed by atoms with Crippen molar-refractivity contribution in [1.29, 1.82) is 0 Å². The van der Waals surface area contributed by atoms with Crippen molar-refractivity contribution in [2.45, 2.75) is 26.0 Å². The molecule has 0 aliphatic carbocycles. The van der Waals surface area contributed by atoms with Gasteiger partial charge in [0, 0.05) is 24.2 Å². The standard InChI is InChI=1S/C18H15ClF2N4O3/c1-9-24-15(25-28-9)8-23-18(27)12-5-10(14-3-2-13(19)7-22-14)4-11(6-12)16(26)17(20)21/h2-7,16-17,26H,8H2,1H3,(H,23,27). The highest BCUT2D eigenvalue weighted by Gasteiger charge is 2.22. The molecule has 0 saturated carbocycles. The average Bonchev–Trinajstić information content (AvgIpc) is 3.10. The van der Waals surface area contributed by atoms with Crippen molar-refractivity contribution in [3.63, 3.8) is 0 Å². The van der Waals surface area contributed by atoms with Crippen LogP contribution in [0.3, 0.4) is 0 Å². The van der Waals surface area contributed by atoms with Crippen LogP contribution in [0.5, 0.6) is 0 Å². The number of rotatable bonds is 6. The van der Waals surface area contributed by atoms with Gasteiger partial charge >= 0.3 is 0 Å². The summed E-state index contributed by atoms with van der Waals surface area (Å²) in [6, 6.07) is 7.20. The Hall–Kier alpha value is -2.91. The summed E-state index contributed by atoms with van der Waals surface area (Å²) in [7, 11) is 0. The Morgan fingerprint density at radius 3 is 2.71 bits per heavy atom. The normalized spacial score (nSPS) is 12.2. The molecular formula is C18H15ClF2N4O3. The fourth-order valence-electron chi connectivity index (χ4n) is 2.47. The van der Waals surface area contributed by atoms with E-state index in [9.17, 15) is 18.7 Å². The Morgan fingerprint density at radius 2 is 2.11 bits per heavy atom. The summed E-state index contributed by atoms with van der Waals surface area (Å²) in [4.78, 5) is 20.6. The highest BCUT2D eigenvalue weighted by Crippen LogP contribution is 2.28. The van der Waals surface area contributed by atoms with Crippen molar-refractivity contribution in [3.05, 3.63) is 64.4 Å². The maximum absolute atomic E-state index is 13.0. The number of carbonyl (C=O) groups is 1. The van der Waals surface area contributed by atoms with Gasteiger partial charge in [-0.2, -0.15) is 4.98 Å². The van der Waals surface area contributed by atoms with E-state index in [0.29, 0.717) is 22.2 Å². The minimum absolute atomic E-state index is 0.00761. The third kappa shape index (κ3) is 4.68. The molecule has 0 aliphatic heterocycles. The SMILES string of the molecule is Cc1nc(CNC(=O)c2cc(-c3ccc(Cl)cn3)cc(C(O)C(F)F)c2)no1. The smallest absolute Gasteiger partial charge is 0.268 e. The van der Waals surface area contributed by atoms with Gasteiger partial charge in [-0.25, -0.2) is 8.78 Å². The van der Waals surface area contributed by atoms with Gasteiger partial charge in [0.15, 0.2) is 5.82 Å². The maximum atomic E-state index is 13.0. The summed E-state index contributed by atoms with van der Waals surface area (Å²) in [6.07, 6.45) is -3.66. The minimum Gasteiger partial charge on any atom is -0.382 e. The van der Waals surface area contributed by atoms with Gasteiger partial charge in [-0.1, -0.05) is 16.8 Å². The summed E-state index contributed by atoms with van der Waals surface area (Å²) in [6.45, 7) is 1.60. The summed E-state index contributed by atoms with van der Waals surface area (Å²) >= 11 is 5.82. The van der Waals surface area contributed by atoms with E-state index in [1.54, 1.807) is 19.1 Å². The third-order valence-electron chi connectivity index (χ3n) is 3.80. The topological polar surface area (TPSA) is 101 Å². The molecular weight excluding hydrogens is 394 g/mol. The fraction of sp³-hybridized carbons (Fsp3) is 0.222. The number of pyridine rings is 1. The van der Waals surface area contributed by atoms with Crippen LogP contribution in [0, 0.1) is 6.92 Å². The molecule has 3 rings (SSSR count). The monoisotopic (exact) mass is 408 g/mol. The number of nitrogens with one attached hydrogen (secondary N) is 1. The summed E-state index contributed by atoms with van der Waals surface area (Å²) < 4.78 is 30.8. The first-order chi connectivity index (χ1) is 13.3. The summed E-state index contributed by atoms with van der Waals surface area (Å²) in [5.74, 6) is 0.0672. The van der Waals surface area contributed by atoms with Crippen molar-refractivity contribution >= 4 is 17.5 Å². The molecule has 1 aromatic carbocycles. The molecule has 0 bridgehead atoms. The van der Waals surface area contributed by atoms with Crippen LogP contribution < -0.4 is 5.32 Å². The Bertz CT molecular complexity index is 979. The molecule has 3 aromatic rings. The number of hydrogen-bond donors (Lipinski definition) is 2. The first kappa shape index (κ1) is 19.8. The lowest BCUT2D eigenvalue weighted by Gasteiger charge is -2.14. The Balaban J connectivity index is 1.91. The van der Waals surface area contributed by atoms with E-state index in [1.165, 1.54) is 24.4 Å². The van der Waals surface area contributed by atoms with E-state index < -0.39 is 18.4 Å². The van der Waals surface area contributed by atoms with Gasteiger partial charge < -0.3 is 14.9 Å². The van der Waals surface area contributed by atoms with E-state index in [4.69, 9.17) is 16.1 Å². The molecule has 2 aromatic heterocycles. The number of carbonyl (C=O) groups excluding carboxylic acids is 1. The van der Waals surface area contributed by atoms with Crippen LogP contribution in [0.1, 0.15) is 33.7 Å². The Kier molecular flexibility index (Phi) is 5.96. The zero-order chi connectivity index (χ0) is 20.3. The second-order valence-electron chi connectivity index (χ2n) is 5.90. The summed E-state index contributed by atoms with van der Waals surface area (Å²) in [5.41, 5.74) is 0.763. The highest BCUT2D eigenvalue weighted by atomic mass is 35.5. The average molecular weight is 409 g/mol. The number of benzene rings is 1. The number of aliphatic hydroxyl groups is 1. The van der Waals surface area contributed by atoms with E-state index >= 15 is 0 Å². The zero-order valence-electron chi connectivity index (χ0n) is 14.6. The lowest BCUT2D eigenvalue weighted by molar-refractivity contribution is -0.00578. The second kappa shape index (κ2) is 8.41. The quantitative estimate of drug-likeness (QED) is 0.648. The number of aryl methyl sites for hydroxylation is 1. The van der Waals surface area contributed by atoms with Crippen molar-refractivity contribution in [3.8, 4) is 11.3 Å². The van der Waals surface area contributed by atoms with Crippen molar-refractivity contribution in [2.75, 3.05) is 0 Å². The molecule has 0 fully saturated rings. The van der Waals surface area contributed by atoms with Gasteiger partial charge in [-0.3, -0.25) is 9.78 Å². The first-order valence-electron chi connectivity index (χ1n) is 8.14. The largest absolute Gasteiger partial charge is 0.382 e. The van der Waals surface area contributed by atoms with Gasteiger partial charge in [0.1, 0.15) is 6.10 Å². The van der Waals surface area contributed by atoms with Gasteiger partial charge in [-0.05, 0) is 35.9 Å². The molecule has 0 saturated heterocycles. The highest BCUT2D eigenvalue weighted by molar-refractivity contribution is 6.30. The van der Waals surface area contributed by atoms with Crippen LogP contribution in [-0.2, 0) is 6.54 Å². The molecule has 1 atom stereocenters. The maximum Gasteiger partial charge on any atom is 0.268 e. The van der Waals surface area contributed by atoms with Crippen molar-refractivity contribution < 1.29 is 23.2 Å². The molecule has 1 amide bonds. The molecule has 10 heteroatoms. The van der Waals surface area contributed by atoms with Gasteiger partial charge in [0.2, 0.25) is 5.89 Å². The zero-order valence-corrected chi connectivity index (χ0v) is 15.3. The lowest BCUT2D eigenvalue weighted by Crippen LogP contribution is -2.24. The van der Waals surface area contributed by atoms with Gasteiger partial charge in [0.05, 0.1) is 17.3 Å². The third-order valence-corrected chi connectivity index (χ3v) is 4.02. The van der Waals surface area contributed by atoms with Crippen LogP contribution in [0.4, 0.5) is 8.78 Å². The number of aromatic nitrogens is 3. The summed E-state index contributed by atoms with van der Waals surface area (Å²) in [5, 5.41) is 16.4. The number of amides is 1. The van der Waals surface area contributed by atoms with E-state index in [-0.39, 0.29) is 23.5 Å².